The third-order valence-corrected chi connectivity index (χ3v) is 4.70. The number of anilines is 2. The molecular weight excluding hydrogens is 478 g/mol. The minimum Gasteiger partial charge on any atom is -0.492 e. The van der Waals surface area contributed by atoms with E-state index in [1.165, 1.54) is 0 Å². The predicted molar refractivity (Wildman–Crippen MR) is 133 cm³/mol. The van der Waals surface area contributed by atoms with Gasteiger partial charge < -0.3 is 15.4 Å². The van der Waals surface area contributed by atoms with Crippen LogP contribution in [0, 0.1) is 11.8 Å². The molecule has 0 saturated heterocycles. The monoisotopic (exact) mass is 505 g/mol. The third-order valence-electron chi connectivity index (χ3n) is 4.01. The molecule has 0 bridgehead atoms. The number of rotatable bonds is 8. The Bertz CT molecular complexity index is 930. The molecule has 0 fully saturated rings. The van der Waals surface area contributed by atoms with Crippen molar-refractivity contribution >= 4 is 56.4 Å². The van der Waals surface area contributed by atoms with Crippen LogP contribution < -0.4 is 20.7 Å². The third kappa shape index (κ3) is 8.67. The first-order chi connectivity index (χ1) is 14.6. The van der Waals surface area contributed by atoms with Crippen molar-refractivity contribution in [1.82, 2.24) is 5.32 Å². The van der Waals surface area contributed by atoms with Gasteiger partial charge in [-0.1, -0.05) is 43.6 Å². The van der Waals surface area contributed by atoms with Gasteiger partial charge in [0.1, 0.15) is 5.75 Å². The predicted octanol–water partition coefficient (Wildman–Crippen LogP) is 5.60. The molecule has 0 spiro atoms. The average Bonchev–Trinajstić information content (AvgIpc) is 2.67. The summed E-state index contributed by atoms with van der Waals surface area (Å²) in [6, 6.07) is 12.4. The van der Waals surface area contributed by atoms with Crippen molar-refractivity contribution in [2.45, 2.75) is 34.1 Å². The highest BCUT2D eigenvalue weighted by Gasteiger charge is 2.15. The summed E-state index contributed by atoms with van der Waals surface area (Å²) < 4.78 is 6.53. The van der Waals surface area contributed by atoms with Crippen LogP contribution in [0.3, 0.4) is 0 Å². The molecule has 6 nitrogen and oxygen atoms in total. The fourth-order valence-electron chi connectivity index (χ4n) is 2.61. The molecule has 0 aliphatic carbocycles. The van der Waals surface area contributed by atoms with Gasteiger partial charge >= 0.3 is 0 Å². The molecule has 8 heteroatoms. The molecule has 0 aliphatic heterocycles. The summed E-state index contributed by atoms with van der Waals surface area (Å²) in [5.41, 5.74) is 1.78. The van der Waals surface area contributed by atoms with Gasteiger partial charge in [0.15, 0.2) is 5.11 Å². The standard InChI is InChI=1S/C23H28BrN3O3S/c1-14(2)11-21(28)25-17-6-8-18(9-7-17)26-23(31)27-22(29)19-12-16(24)5-10-20(19)30-13-15(3)4/h5-10,12,14-15H,11,13H2,1-4H3,(H,25,28)(H2,26,27,29,31). The molecular formula is C23H28BrN3O3S. The van der Waals surface area contributed by atoms with Gasteiger partial charge in [0.25, 0.3) is 5.91 Å². The molecule has 0 radical (unpaired) electrons. The van der Waals surface area contributed by atoms with Crippen LogP contribution >= 0.6 is 28.1 Å². The van der Waals surface area contributed by atoms with Gasteiger partial charge in [0, 0.05) is 22.3 Å². The molecule has 2 aromatic carbocycles. The fraction of sp³-hybridized carbons (Fsp3) is 0.348. The molecule has 0 unspecified atom stereocenters. The van der Waals surface area contributed by atoms with E-state index in [4.69, 9.17) is 17.0 Å². The van der Waals surface area contributed by atoms with E-state index in [1.54, 1.807) is 36.4 Å². The molecule has 0 aromatic heterocycles. The highest BCUT2D eigenvalue weighted by atomic mass is 79.9. The van der Waals surface area contributed by atoms with Crippen LogP contribution in [0.4, 0.5) is 11.4 Å². The van der Waals surface area contributed by atoms with Crippen LogP contribution in [-0.4, -0.2) is 23.5 Å². The van der Waals surface area contributed by atoms with Crippen molar-refractivity contribution in [3.63, 3.8) is 0 Å². The zero-order valence-corrected chi connectivity index (χ0v) is 20.5. The molecule has 3 N–H and O–H groups in total. The number of benzene rings is 2. The van der Waals surface area contributed by atoms with Crippen LogP contribution in [0.5, 0.6) is 5.75 Å². The lowest BCUT2D eigenvalue weighted by molar-refractivity contribution is -0.116. The molecule has 0 saturated carbocycles. The van der Waals surface area contributed by atoms with Crippen LogP contribution in [0.25, 0.3) is 0 Å². The minimum atomic E-state index is -0.366. The largest absolute Gasteiger partial charge is 0.492 e. The summed E-state index contributed by atoms with van der Waals surface area (Å²) in [4.78, 5) is 24.6. The van der Waals surface area contributed by atoms with Crippen molar-refractivity contribution < 1.29 is 14.3 Å². The van der Waals surface area contributed by atoms with Crippen LogP contribution in [0.2, 0.25) is 0 Å². The minimum absolute atomic E-state index is 0.0250. The summed E-state index contributed by atoms with van der Waals surface area (Å²) in [6.07, 6.45) is 0.467. The number of carbonyl (C=O) groups excluding carboxylic acids is 2. The Morgan fingerprint density at radius 3 is 2.16 bits per heavy atom. The molecule has 31 heavy (non-hydrogen) atoms. The molecule has 0 atom stereocenters. The van der Waals surface area contributed by atoms with Gasteiger partial charge in [-0.05, 0) is 66.5 Å². The maximum Gasteiger partial charge on any atom is 0.261 e. The number of thiocarbonyl (C=S) groups is 1. The average molecular weight is 506 g/mol. The normalized spacial score (nSPS) is 10.7. The maximum atomic E-state index is 12.7. The Kier molecular flexibility index (Phi) is 9.45. The molecule has 0 heterocycles. The molecule has 2 rings (SSSR count). The highest BCUT2D eigenvalue weighted by Crippen LogP contribution is 2.24. The van der Waals surface area contributed by atoms with E-state index in [0.717, 1.165) is 4.47 Å². The number of amides is 2. The lowest BCUT2D eigenvalue weighted by atomic mass is 10.1. The lowest BCUT2D eigenvalue weighted by Gasteiger charge is -2.15. The molecule has 166 valence electrons. The van der Waals surface area contributed by atoms with Gasteiger partial charge in [0.05, 0.1) is 12.2 Å². The second-order valence-corrected chi connectivity index (χ2v) is 9.30. The van der Waals surface area contributed by atoms with Crippen molar-refractivity contribution in [2.24, 2.45) is 11.8 Å². The first-order valence-corrected chi connectivity index (χ1v) is 11.3. The Morgan fingerprint density at radius 1 is 0.968 bits per heavy atom. The number of halogens is 1. The first kappa shape index (κ1) is 24.8. The van der Waals surface area contributed by atoms with Crippen molar-refractivity contribution in [3.05, 3.63) is 52.5 Å². The summed E-state index contributed by atoms with van der Waals surface area (Å²) >= 11 is 8.67. The second kappa shape index (κ2) is 11.8. The Labute approximate surface area is 197 Å². The SMILES string of the molecule is CC(C)COc1ccc(Br)cc1C(=O)NC(=S)Nc1ccc(NC(=O)CC(C)C)cc1. The van der Waals surface area contributed by atoms with Gasteiger partial charge in [0.2, 0.25) is 5.91 Å². The van der Waals surface area contributed by atoms with Crippen LogP contribution in [-0.2, 0) is 4.79 Å². The van der Waals surface area contributed by atoms with E-state index < -0.39 is 0 Å². The van der Waals surface area contributed by atoms with Gasteiger partial charge in [-0.3, -0.25) is 14.9 Å². The molecule has 2 aromatic rings. The van der Waals surface area contributed by atoms with E-state index in [-0.39, 0.29) is 16.9 Å². The van der Waals surface area contributed by atoms with E-state index >= 15 is 0 Å². The molecule has 0 aliphatic rings. The summed E-state index contributed by atoms with van der Waals surface area (Å²) in [7, 11) is 0. The van der Waals surface area contributed by atoms with Crippen molar-refractivity contribution in [3.8, 4) is 5.75 Å². The van der Waals surface area contributed by atoms with E-state index in [0.29, 0.717) is 47.6 Å². The van der Waals surface area contributed by atoms with Crippen molar-refractivity contribution in [2.75, 3.05) is 17.2 Å². The number of carbonyl (C=O) groups is 2. The summed E-state index contributed by atoms with van der Waals surface area (Å²) in [6.45, 7) is 8.58. The quantitative estimate of drug-likeness (QED) is 0.407. The summed E-state index contributed by atoms with van der Waals surface area (Å²) in [5, 5.41) is 8.67. The zero-order valence-electron chi connectivity index (χ0n) is 18.1. The van der Waals surface area contributed by atoms with Crippen molar-refractivity contribution in [1.29, 1.82) is 0 Å². The van der Waals surface area contributed by atoms with Gasteiger partial charge in [-0.25, -0.2) is 0 Å². The van der Waals surface area contributed by atoms with Crippen LogP contribution in [0.15, 0.2) is 46.9 Å². The van der Waals surface area contributed by atoms with Gasteiger partial charge in [-0.2, -0.15) is 0 Å². The summed E-state index contributed by atoms with van der Waals surface area (Å²) in [5.74, 6) is 0.737. The topological polar surface area (TPSA) is 79.5 Å². The fourth-order valence-corrected chi connectivity index (χ4v) is 3.19. The van der Waals surface area contributed by atoms with Crippen LogP contribution in [0.1, 0.15) is 44.5 Å². The molecule has 2 amide bonds. The number of hydrogen-bond acceptors (Lipinski definition) is 4. The Balaban J connectivity index is 1.97. The van der Waals surface area contributed by atoms with E-state index in [2.05, 4.69) is 31.9 Å². The number of hydrogen-bond donors (Lipinski definition) is 3. The Hall–Kier alpha value is -2.45. The van der Waals surface area contributed by atoms with Gasteiger partial charge in [-0.15, -0.1) is 0 Å². The second-order valence-electron chi connectivity index (χ2n) is 7.98. The van der Waals surface area contributed by atoms with E-state index in [1.807, 2.05) is 33.8 Å². The number of ether oxygens (including phenoxy) is 1. The van der Waals surface area contributed by atoms with E-state index in [9.17, 15) is 9.59 Å². The number of nitrogens with one attached hydrogen (secondary N) is 3. The first-order valence-electron chi connectivity index (χ1n) is 10.1. The lowest BCUT2D eigenvalue weighted by Crippen LogP contribution is -2.34. The maximum absolute atomic E-state index is 12.7. The Morgan fingerprint density at radius 2 is 1.58 bits per heavy atom. The zero-order chi connectivity index (χ0) is 23.0. The smallest absolute Gasteiger partial charge is 0.261 e. The highest BCUT2D eigenvalue weighted by molar-refractivity contribution is 9.10.